The van der Waals surface area contributed by atoms with E-state index in [1.54, 1.807) is 0 Å². The number of hydrogen-bond acceptors (Lipinski definition) is 2. The summed E-state index contributed by atoms with van der Waals surface area (Å²) in [6, 6.07) is 0.304. The van der Waals surface area contributed by atoms with Crippen molar-refractivity contribution < 1.29 is 13.2 Å². The van der Waals surface area contributed by atoms with E-state index < -0.39 is 12.7 Å². The van der Waals surface area contributed by atoms with Crippen molar-refractivity contribution in [1.29, 1.82) is 0 Å². The van der Waals surface area contributed by atoms with Crippen molar-refractivity contribution >= 4 is 0 Å². The third kappa shape index (κ3) is 4.23. The molecule has 1 fully saturated rings. The molecule has 114 valence electrons. The van der Waals surface area contributed by atoms with Crippen molar-refractivity contribution in [3.8, 4) is 0 Å². The molecule has 1 aromatic rings. The molecule has 1 heterocycles. The summed E-state index contributed by atoms with van der Waals surface area (Å²) in [6.07, 6.45) is -0.135. The fraction of sp³-hybridized carbons (Fsp3) is 0.786. The molecule has 2 unspecified atom stereocenters. The van der Waals surface area contributed by atoms with Crippen LogP contribution in [0.4, 0.5) is 13.2 Å². The van der Waals surface area contributed by atoms with Gasteiger partial charge in [-0.15, -0.1) is 0 Å². The molecule has 1 aliphatic rings. The van der Waals surface area contributed by atoms with Gasteiger partial charge in [0.1, 0.15) is 12.4 Å². The van der Waals surface area contributed by atoms with Crippen LogP contribution in [0, 0.1) is 11.8 Å². The van der Waals surface area contributed by atoms with E-state index in [1.807, 2.05) is 0 Å². The predicted molar refractivity (Wildman–Crippen MR) is 71.1 cm³/mol. The van der Waals surface area contributed by atoms with Crippen molar-refractivity contribution in [2.75, 3.05) is 6.54 Å². The molecule has 0 aromatic carbocycles. The summed E-state index contributed by atoms with van der Waals surface area (Å²) < 4.78 is 38.7. The fourth-order valence-corrected chi connectivity index (χ4v) is 2.42. The molecule has 20 heavy (non-hydrogen) atoms. The van der Waals surface area contributed by atoms with E-state index in [1.165, 1.54) is 23.4 Å². The van der Waals surface area contributed by atoms with E-state index in [0.717, 1.165) is 12.5 Å². The molecule has 2 atom stereocenters. The molecule has 0 radical (unpaired) electrons. The van der Waals surface area contributed by atoms with Crippen LogP contribution in [0.2, 0.25) is 0 Å². The maximum absolute atomic E-state index is 12.5. The van der Waals surface area contributed by atoms with E-state index in [4.69, 9.17) is 0 Å². The van der Waals surface area contributed by atoms with Crippen LogP contribution in [0.15, 0.2) is 12.4 Å². The smallest absolute Gasteiger partial charge is 0.325 e. The van der Waals surface area contributed by atoms with Gasteiger partial charge in [-0.2, -0.15) is 13.2 Å². The van der Waals surface area contributed by atoms with E-state index in [0.29, 0.717) is 24.3 Å². The van der Waals surface area contributed by atoms with Crippen LogP contribution < -0.4 is 0 Å². The Morgan fingerprint density at radius 3 is 2.60 bits per heavy atom. The lowest BCUT2D eigenvalue weighted by atomic mass is 10.2. The van der Waals surface area contributed by atoms with Crippen LogP contribution in [0.25, 0.3) is 0 Å². The molecule has 1 saturated carbocycles. The van der Waals surface area contributed by atoms with Gasteiger partial charge in [-0.1, -0.05) is 6.92 Å². The molecule has 0 bridgehead atoms. The summed E-state index contributed by atoms with van der Waals surface area (Å²) in [6.45, 7) is 6.82. The quantitative estimate of drug-likeness (QED) is 0.801. The molecule has 1 aromatic heterocycles. The number of alkyl halides is 3. The lowest BCUT2D eigenvalue weighted by Gasteiger charge is -2.26. The van der Waals surface area contributed by atoms with E-state index >= 15 is 0 Å². The SMILES string of the molecule is CC1CC1CN(Cc1nccn1CC(F)(F)F)C(C)C. The highest BCUT2D eigenvalue weighted by Crippen LogP contribution is 2.38. The second-order valence-electron chi connectivity index (χ2n) is 6.08. The molecular weight excluding hydrogens is 267 g/mol. The lowest BCUT2D eigenvalue weighted by Crippen LogP contribution is -2.34. The highest BCUT2D eigenvalue weighted by atomic mass is 19.4. The average molecular weight is 289 g/mol. The van der Waals surface area contributed by atoms with Gasteiger partial charge in [0.15, 0.2) is 0 Å². The highest BCUT2D eigenvalue weighted by Gasteiger charge is 2.35. The summed E-state index contributed by atoms with van der Waals surface area (Å²) in [7, 11) is 0. The van der Waals surface area contributed by atoms with Gasteiger partial charge in [0.2, 0.25) is 0 Å². The minimum atomic E-state index is -4.21. The predicted octanol–water partition coefficient (Wildman–Crippen LogP) is 3.31. The summed E-state index contributed by atoms with van der Waals surface area (Å²) >= 11 is 0. The number of aromatic nitrogens is 2. The van der Waals surface area contributed by atoms with Crippen molar-refractivity contribution in [3.63, 3.8) is 0 Å². The molecule has 6 heteroatoms. The summed E-state index contributed by atoms with van der Waals surface area (Å²) in [5, 5.41) is 0. The van der Waals surface area contributed by atoms with Crippen LogP contribution in [-0.2, 0) is 13.1 Å². The Kier molecular flexibility index (Phi) is 4.42. The number of imidazole rings is 1. The van der Waals surface area contributed by atoms with Crippen LogP contribution in [0.1, 0.15) is 33.0 Å². The van der Waals surface area contributed by atoms with Gasteiger partial charge in [0.05, 0.1) is 6.54 Å². The Hall–Kier alpha value is -1.04. The van der Waals surface area contributed by atoms with Gasteiger partial charge in [-0.05, 0) is 32.1 Å². The summed E-state index contributed by atoms with van der Waals surface area (Å²) in [5.41, 5.74) is 0. The monoisotopic (exact) mass is 289 g/mol. The Balaban J connectivity index is 2.01. The van der Waals surface area contributed by atoms with Crippen molar-refractivity contribution in [1.82, 2.24) is 14.5 Å². The maximum atomic E-state index is 12.5. The summed E-state index contributed by atoms with van der Waals surface area (Å²) in [4.78, 5) is 6.30. The molecule has 0 aliphatic heterocycles. The van der Waals surface area contributed by atoms with Crippen LogP contribution in [-0.4, -0.2) is 33.2 Å². The Labute approximate surface area is 117 Å². The minimum Gasteiger partial charge on any atom is -0.325 e. The molecule has 1 aliphatic carbocycles. The standard InChI is InChI=1S/C14H22F3N3/c1-10(2)20(7-12-6-11(12)3)8-13-18-4-5-19(13)9-14(15,16)17/h4-5,10-12H,6-9H2,1-3H3. The van der Waals surface area contributed by atoms with Gasteiger partial charge in [0.25, 0.3) is 0 Å². The van der Waals surface area contributed by atoms with Gasteiger partial charge in [0, 0.05) is 25.0 Å². The average Bonchev–Trinajstić information content (AvgIpc) is 2.81. The topological polar surface area (TPSA) is 21.1 Å². The Bertz CT molecular complexity index is 439. The van der Waals surface area contributed by atoms with Crippen LogP contribution in [0.3, 0.4) is 0 Å². The third-order valence-electron chi connectivity index (χ3n) is 3.97. The molecule has 0 spiro atoms. The largest absolute Gasteiger partial charge is 0.406 e. The van der Waals surface area contributed by atoms with Gasteiger partial charge < -0.3 is 4.57 Å². The highest BCUT2D eigenvalue weighted by molar-refractivity contribution is 4.95. The minimum absolute atomic E-state index is 0.304. The Morgan fingerprint density at radius 1 is 1.45 bits per heavy atom. The summed E-state index contributed by atoms with van der Waals surface area (Å²) in [5.74, 6) is 1.92. The number of halogens is 3. The van der Waals surface area contributed by atoms with E-state index in [9.17, 15) is 13.2 Å². The van der Waals surface area contributed by atoms with Crippen LogP contribution in [0.5, 0.6) is 0 Å². The first-order chi connectivity index (χ1) is 9.26. The first-order valence-corrected chi connectivity index (χ1v) is 7.07. The zero-order valence-corrected chi connectivity index (χ0v) is 12.2. The molecule has 3 nitrogen and oxygen atoms in total. The van der Waals surface area contributed by atoms with Crippen LogP contribution >= 0.6 is 0 Å². The molecule has 0 N–H and O–H groups in total. The number of nitrogens with zero attached hydrogens (tertiary/aromatic N) is 3. The van der Waals surface area contributed by atoms with Gasteiger partial charge >= 0.3 is 6.18 Å². The second kappa shape index (κ2) is 5.76. The number of rotatable bonds is 6. The molecular formula is C14H22F3N3. The molecule has 0 saturated heterocycles. The van der Waals surface area contributed by atoms with Gasteiger partial charge in [-0.3, -0.25) is 4.90 Å². The number of hydrogen-bond donors (Lipinski definition) is 0. The second-order valence-corrected chi connectivity index (χ2v) is 6.08. The van der Waals surface area contributed by atoms with E-state index in [-0.39, 0.29) is 0 Å². The first kappa shape index (κ1) is 15.4. The van der Waals surface area contributed by atoms with Gasteiger partial charge in [-0.25, -0.2) is 4.98 Å². The Morgan fingerprint density at radius 2 is 2.10 bits per heavy atom. The van der Waals surface area contributed by atoms with E-state index in [2.05, 4.69) is 30.7 Å². The maximum Gasteiger partial charge on any atom is 0.406 e. The molecule has 2 rings (SSSR count). The lowest BCUT2D eigenvalue weighted by molar-refractivity contribution is -0.141. The molecule has 0 amide bonds. The van der Waals surface area contributed by atoms with Crippen molar-refractivity contribution in [2.45, 2.75) is 52.5 Å². The third-order valence-corrected chi connectivity index (χ3v) is 3.97. The normalized spacial score (nSPS) is 22.8. The fourth-order valence-electron chi connectivity index (χ4n) is 2.42. The zero-order valence-electron chi connectivity index (χ0n) is 12.2. The first-order valence-electron chi connectivity index (χ1n) is 7.07. The van der Waals surface area contributed by atoms with Crippen molar-refractivity contribution in [3.05, 3.63) is 18.2 Å². The van der Waals surface area contributed by atoms with Crippen molar-refractivity contribution in [2.24, 2.45) is 11.8 Å². The zero-order chi connectivity index (χ0) is 14.9.